The first-order chi connectivity index (χ1) is 13.6. The highest BCUT2D eigenvalue weighted by Gasteiger charge is 2.37. The maximum absolute atomic E-state index is 13.2. The van der Waals surface area contributed by atoms with E-state index in [-0.39, 0.29) is 11.8 Å². The number of amides is 2. The summed E-state index contributed by atoms with van der Waals surface area (Å²) in [7, 11) is 0. The van der Waals surface area contributed by atoms with Crippen molar-refractivity contribution in [2.24, 2.45) is 5.92 Å². The molecule has 1 unspecified atom stereocenters. The number of carbonyl (C=O) groups is 2. The largest absolute Gasteiger partial charge is 0.322 e. The summed E-state index contributed by atoms with van der Waals surface area (Å²) in [5.74, 6) is 0.864. The molecule has 1 atom stereocenters. The first-order valence-electron chi connectivity index (χ1n) is 10.2. The Hall–Kier alpha value is -2.69. The van der Waals surface area contributed by atoms with Gasteiger partial charge in [-0.25, -0.2) is 4.98 Å². The molecule has 1 fully saturated rings. The van der Waals surface area contributed by atoms with Crippen LogP contribution in [0.15, 0.2) is 42.6 Å². The van der Waals surface area contributed by atoms with Crippen molar-refractivity contribution in [3.63, 3.8) is 0 Å². The SMILES string of the molecule is Cc1ccnc(NC(=O)C(CC2CCCCC2)N2Cc3ccccc3C2=O)c1. The maximum atomic E-state index is 13.2. The molecule has 5 heteroatoms. The molecule has 5 nitrogen and oxygen atoms in total. The number of fused-ring (bicyclic) bond motifs is 1. The number of nitrogens with zero attached hydrogens (tertiary/aromatic N) is 2. The van der Waals surface area contributed by atoms with E-state index in [1.165, 1.54) is 19.3 Å². The molecule has 146 valence electrons. The van der Waals surface area contributed by atoms with Gasteiger partial charge in [0.25, 0.3) is 5.91 Å². The Bertz CT molecular complexity index is 874. The van der Waals surface area contributed by atoms with E-state index in [0.717, 1.165) is 36.0 Å². The molecule has 0 bridgehead atoms. The Morgan fingerprint density at radius 1 is 1.21 bits per heavy atom. The van der Waals surface area contributed by atoms with Crippen molar-refractivity contribution in [2.45, 2.75) is 58.0 Å². The molecule has 0 saturated heterocycles. The van der Waals surface area contributed by atoms with Crippen molar-refractivity contribution < 1.29 is 9.59 Å². The smallest absolute Gasteiger partial charge is 0.255 e. The van der Waals surface area contributed by atoms with Crippen LogP contribution in [-0.4, -0.2) is 27.7 Å². The lowest BCUT2D eigenvalue weighted by atomic mass is 9.84. The molecule has 1 aromatic carbocycles. The lowest BCUT2D eigenvalue weighted by Crippen LogP contribution is -2.45. The number of pyridine rings is 1. The predicted octanol–water partition coefficient (Wildman–Crippen LogP) is 4.32. The highest BCUT2D eigenvalue weighted by Crippen LogP contribution is 2.32. The summed E-state index contributed by atoms with van der Waals surface area (Å²) in [5, 5.41) is 2.95. The van der Waals surface area contributed by atoms with Crippen LogP contribution in [0.4, 0.5) is 5.82 Å². The third-order valence-electron chi connectivity index (χ3n) is 5.98. The molecule has 2 aliphatic rings. The molecular formula is C23H27N3O2. The normalized spacial score (nSPS) is 18.0. The van der Waals surface area contributed by atoms with Gasteiger partial charge in [0, 0.05) is 18.3 Å². The minimum Gasteiger partial charge on any atom is -0.322 e. The zero-order chi connectivity index (χ0) is 19.5. The third-order valence-corrected chi connectivity index (χ3v) is 5.98. The number of hydrogen-bond acceptors (Lipinski definition) is 3. The van der Waals surface area contributed by atoms with E-state index >= 15 is 0 Å². The molecule has 1 aromatic heterocycles. The van der Waals surface area contributed by atoms with Gasteiger partial charge in [0.05, 0.1) is 0 Å². The van der Waals surface area contributed by atoms with E-state index < -0.39 is 6.04 Å². The number of nitrogens with one attached hydrogen (secondary N) is 1. The van der Waals surface area contributed by atoms with Gasteiger partial charge < -0.3 is 10.2 Å². The van der Waals surface area contributed by atoms with Crippen molar-refractivity contribution in [1.29, 1.82) is 0 Å². The fourth-order valence-electron chi connectivity index (χ4n) is 4.46. The van der Waals surface area contributed by atoms with Crippen LogP contribution in [0, 0.1) is 12.8 Å². The molecule has 1 aliphatic carbocycles. The molecule has 2 amide bonds. The number of rotatable bonds is 5. The molecule has 1 N–H and O–H groups in total. The first kappa shape index (κ1) is 18.7. The Morgan fingerprint density at radius 2 is 2.00 bits per heavy atom. The zero-order valence-corrected chi connectivity index (χ0v) is 16.4. The van der Waals surface area contributed by atoms with Crippen molar-refractivity contribution in [3.8, 4) is 0 Å². The molecule has 28 heavy (non-hydrogen) atoms. The summed E-state index contributed by atoms with van der Waals surface area (Å²) >= 11 is 0. The highest BCUT2D eigenvalue weighted by molar-refractivity contribution is 6.03. The zero-order valence-electron chi connectivity index (χ0n) is 16.4. The number of carbonyl (C=O) groups excluding carboxylic acids is 2. The molecule has 2 heterocycles. The second kappa shape index (κ2) is 8.13. The number of aryl methyl sites for hydroxylation is 1. The van der Waals surface area contributed by atoms with Crippen molar-refractivity contribution in [3.05, 3.63) is 59.3 Å². The maximum Gasteiger partial charge on any atom is 0.255 e. The van der Waals surface area contributed by atoms with Gasteiger partial charge in [0.15, 0.2) is 0 Å². The number of anilines is 1. The van der Waals surface area contributed by atoms with Gasteiger partial charge in [0.2, 0.25) is 5.91 Å². The lowest BCUT2D eigenvalue weighted by molar-refractivity contribution is -0.121. The molecule has 2 aromatic rings. The summed E-state index contributed by atoms with van der Waals surface area (Å²) in [6.45, 7) is 2.47. The van der Waals surface area contributed by atoms with Crippen LogP contribution in [0.25, 0.3) is 0 Å². The standard InChI is InChI=1S/C23H27N3O2/c1-16-11-12-24-21(13-16)25-22(27)20(14-17-7-3-2-4-8-17)26-15-18-9-5-6-10-19(18)23(26)28/h5-6,9-13,17,20H,2-4,7-8,14-15H2,1H3,(H,24,25,27). The Morgan fingerprint density at radius 3 is 2.75 bits per heavy atom. The number of aromatic nitrogens is 1. The monoisotopic (exact) mass is 377 g/mol. The van der Waals surface area contributed by atoms with E-state index in [9.17, 15) is 9.59 Å². The van der Waals surface area contributed by atoms with Crippen LogP contribution >= 0.6 is 0 Å². The van der Waals surface area contributed by atoms with Crippen LogP contribution in [0.5, 0.6) is 0 Å². The van der Waals surface area contributed by atoms with E-state index in [1.807, 2.05) is 43.3 Å². The van der Waals surface area contributed by atoms with Crippen molar-refractivity contribution >= 4 is 17.6 Å². The average molecular weight is 377 g/mol. The van der Waals surface area contributed by atoms with E-state index in [0.29, 0.717) is 18.3 Å². The molecule has 1 saturated carbocycles. The van der Waals surface area contributed by atoms with Crippen LogP contribution in [0.2, 0.25) is 0 Å². The fourth-order valence-corrected chi connectivity index (χ4v) is 4.46. The van der Waals surface area contributed by atoms with Gasteiger partial charge in [-0.15, -0.1) is 0 Å². The van der Waals surface area contributed by atoms with Gasteiger partial charge in [-0.2, -0.15) is 0 Å². The van der Waals surface area contributed by atoms with Gasteiger partial charge >= 0.3 is 0 Å². The lowest BCUT2D eigenvalue weighted by Gasteiger charge is -2.31. The van der Waals surface area contributed by atoms with E-state index in [4.69, 9.17) is 0 Å². The van der Waals surface area contributed by atoms with Gasteiger partial charge in [-0.1, -0.05) is 50.3 Å². The van der Waals surface area contributed by atoms with Crippen LogP contribution in [0.1, 0.15) is 60.0 Å². The molecule has 0 spiro atoms. The number of benzene rings is 1. The van der Waals surface area contributed by atoms with Crippen LogP contribution in [0.3, 0.4) is 0 Å². The highest BCUT2D eigenvalue weighted by atomic mass is 16.2. The summed E-state index contributed by atoms with van der Waals surface area (Å²) in [4.78, 5) is 32.3. The summed E-state index contributed by atoms with van der Waals surface area (Å²) < 4.78 is 0. The Labute approximate surface area is 166 Å². The minimum absolute atomic E-state index is 0.0382. The average Bonchev–Trinajstić information content (AvgIpc) is 3.03. The van der Waals surface area contributed by atoms with Crippen molar-refractivity contribution in [1.82, 2.24) is 9.88 Å². The van der Waals surface area contributed by atoms with Crippen molar-refractivity contribution in [2.75, 3.05) is 5.32 Å². The first-order valence-corrected chi connectivity index (χ1v) is 10.2. The van der Waals surface area contributed by atoms with Crippen LogP contribution in [-0.2, 0) is 11.3 Å². The van der Waals surface area contributed by atoms with E-state index in [1.54, 1.807) is 11.1 Å². The van der Waals surface area contributed by atoms with E-state index in [2.05, 4.69) is 10.3 Å². The molecular weight excluding hydrogens is 350 g/mol. The van der Waals surface area contributed by atoms with Gasteiger partial charge in [-0.05, 0) is 48.6 Å². The third kappa shape index (κ3) is 3.93. The fraction of sp³-hybridized carbons (Fsp3) is 0.435. The second-order valence-corrected chi connectivity index (χ2v) is 8.05. The number of hydrogen-bond donors (Lipinski definition) is 1. The summed E-state index contributed by atoms with van der Waals surface area (Å²) in [6, 6.07) is 11.0. The minimum atomic E-state index is -0.467. The summed E-state index contributed by atoms with van der Waals surface area (Å²) in [6.07, 6.45) is 8.39. The predicted molar refractivity (Wildman–Crippen MR) is 109 cm³/mol. The van der Waals surface area contributed by atoms with Gasteiger partial charge in [0.1, 0.15) is 11.9 Å². The summed E-state index contributed by atoms with van der Waals surface area (Å²) in [5.41, 5.74) is 2.76. The second-order valence-electron chi connectivity index (χ2n) is 8.05. The molecule has 0 radical (unpaired) electrons. The topological polar surface area (TPSA) is 62.3 Å². The van der Waals surface area contributed by atoms with Gasteiger partial charge in [-0.3, -0.25) is 9.59 Å². The molecule has 4 rings (SSSR count). The quantitative estimate of drug-likeness (QED) is 0.844. The van der Waals surface area contributed by atoms with Crippen LogP contribution < -0.4 is 5.32 Å². The Kier molecular flexibility index (Phi) is 5.42. The molecule has 1 aliphatic heterocycles. The Balaban J connectivity index is 1.57.